The molecule has 10 nitrogen and oxygen atoms in total. The number of imidazole rings is 1. The summed E-state index contributed by atoms with van der Waals surface area (Å²) in [4.78, 5) is 30.9. The van der Waals surface area contributed by atoms with Crippen molar-refractivity contribution in [1.29, 1.82) is 0 Å². The third kappa shape index (κ3) is 4.46. The lowest BCUT2D eigenvalue weighted by Gasteiger charge is -2.27. The highest BCUT2D eigenvalue weighted by Gasteiger charge is 2.20. The third-order valence-electron chi connectivity index (χ3n) is 5.73. The van der Waals surface area contributed by atoms with Crippen molar-refractivity contribution in [3.63, 3.8) is 0 Å². The van der Waals surface area contributed by atoms with Gasteiger partial charge in [0.25, 0.3) is 5.91 Å². The summed E-state index contributed by atoms with van der Waals surface area (Å²) in [6.07, 6.45) is 0.312. The molecule has 34 heavy (non-hydrogen) atoms. The van der Waals surface area contributed by atoms with Crippen LogP contribution < -0.4 is 10.2 Å². The first-order chi connectivity index (χ1) is 16.5. The summed E-state index contributed by atoms with van der Waals surface area (Å²) in [6.45, 7) is 5.95. The minimum absolute atomic E-state index is 0.262. The standard InChI is InChI=1S/C23H24FN7O3/c1-13(24)15-3-4-16-17(9-15)29-22(28-16)18-10-20(34-30-18)14(2)27-23(32)19-11-21(26-12-25-19)31-5-7-33-8-6-31/h3-4,9-14H,5-8H2,1-2H3,(H,27,32)(H,28,29)/t13?,14-/m0/s1. The molecular formula is C23H24FN7O3. The number of benzene rings is 1. The number of aromatic amines is 1. The number of aromatic nitrogens is 5. The van der Waals surface area contributed by atoms with Crippen LogP contribution in [-0.2, 0) is 4.74 Å². The molecule has 0 saturated carbocycles. The SMILES string of the molecule is CC(F)c1ccc2nc(-c3cc([C@H](C)NC(=O)c4cc(N5CCOCC5)ncn4)on3)[nH]c2c1. The van der Waals surface area contributed by atoms with Gasteiger partial charge in [0.1, 0.15) is 29.7 Å². The van der Waals surface area contributed by atoms with Crippen LogP contribution in [-0.4, -0.2) is 57.3 Å². The molecule has 0 spiro atoms. The van der Waals surface area contributed by atoms with Crippen molar-refractivity contribution in [2.24, 2.45) is 0 Å². The van der Waals surface area contributed by atoms with Crippen molar-refractivity contribution in [1.82, 2.24) is 30.4 Å². The predicted molar refractivity (Wildman–Crippen MR) is 122 cm³/mol. The van der Waals surface area contributed by atoms with Crippen LogP contribution in [0.25, 0.3) is 22.6 Å². The van der Waals surface area contributed by atoms with Gasteiger partial charge in [-0.3, -0.25) is 4.79 Å². The molecule has 0 aliphatic carbocycles. The Hall–Kier alpha value is -3.86. The smallest absolute Gasteiger partial charge is 0.270 e. The average molecular weight is 465 g/mol. The van der Waals surface area contributed by atoms with Crippen molar-refractivity contribution in [3.05, 3.63) is 53.7 Å². The third-order valence-corrected chi connectivity index (χ3v) is 5.73. The van der Waals surface area contributed by atoms with Crippen LogP contribution in [0.1, 0.15) is 47.9 Å². The van der Waals surface area contributed by atoms with E-state index in [2.05, 4.69) is 35.3 Å². The van der Waals surface area contributed by atoms with Crippen LogP contribution in [0.3, 0.4) is 0 Å². The summed E-state index contributed by atoms with van der Waals surface area (Å²) in [6, 6.07) is 8.12. The predicted octanol–water partition coefficient (Wildman–Crippen LogP) is 3.37. The highest BCUT2D eigenvalue weighted by Crippen LogP contribution is 2.26. The lowest BCUT2D eigenvalue weighted by Crippen LogP contribution is -2.37. The zero-order valence-electron chi connectivity index (χ0n) is 18.8. The van der Waals surface area contributed by atoms with E-state index in [4.69, 9.17) is 9.26 Å². The van der Waals surface area contributed by atoms with Crippen molar-refractivity contribution in [3.8, 4) is 11.5 Å². The fraction of sp³-hybridized carbons (Fsp3) is 0.348. The molecule has 1 unspecified atom stereocenters. The van der Waals surface area contributed by atoms with Gasteiger partial charge in [0.2, 0.25) is 0 Å². The minimum Gasteiger partial charge on any atom is -0.378 e. The molecule has 1 aliphatic heterocycles. The van der Waals surface area contributed by atoms with E-state index in [0.717, 1.165) is 0 Å². The Labute approximate surface area is 194 Å². The minimum atomic E-state index is -1.07. The lowest BCUT2D eigenvalue weighted by atomic mass is 10.1. The van der Waals surface area contributed by atoms with Gasteiger partial charge < -0.3 is 24.5 Å². The number of morpholine rings is 1. The maximum absolute atomic E-state index is 13.6. The van der Waals surface area contributed by atoms with E-state index in [9.17, 15) is 9.18 Å². The molecule has 0 bridgehead atoms. The van der Waals surface area contributed by atoms with E-state index >= 15 is 0 Å². The van der Waals surface area contributed by atoms with E-state index in [1.807, 2.05) is 0 Å². The molecule has 5 rings (SSSR count). The summed E-state index contributed by atoms with van der Waals surface area (Å²) >= 11 is 0. The Kier molecular flexibility index (Phi) is 5.93. The molecule has 0 radical (unpaired) electrons. The zero-order valence-corrected chi connectivity index (χ0v) is 18.8. The molecule has 4 aromatic rings. The fourth-order valence-electron chi connectivity index (χ4n) is 3.78. The number of amides is 1. The first-order valence-corrected chi connectivity index (χ1v) is 11.0. The molecule has 3 aromatic heterocycles. The number of nitrogens with one attached hydrogen (secondary N) is 2. The number of carbonyl (C=O) groups is 1. The molecule has 1 aromatic carbocycles. The van der Waals surface area contributed by atoms with E-state index in [1.54, 1.807) is 37.3 Å². The molecule has 2 N–H and O–H groups in total. The van der Waals surface area contributed by atoms with Crippen molar-refractivity contribution in [2.45, 2.75) is 26.1 Å². The lowest BCUT2D eigenvalue weighted by molar-refractivity contribution is 0.0928. The summed E-state index contributed by atoms with van der Waals surface area (Å²) in [5.41, 5.74) is 2.73. The highest BCUT2D eigenvalue weighted by molar-refractivity contribution is 5.93. The van der Waals surface area contributed by atoms with Gasteiger partial charge in [-0.2, -0.15) is 0 Å². The second-order valence-electron chi connectivity index (χ2n) is 8.15. The molecule has 11 heteroatoms. The fourth-order valence-corrected chi connectivity index (χ4v) is 3.78. The van der Waals surface area contributed by atoms with Crippen LogP contribution in [0.5, 0.6) is 0 Å². The Balaban J connectivity index is 1.29. The molecule has 2 atom stereocenters. The van der Waals surface area contributed by atoms with Crippen LogP contribution in [0.4, 0.5) is 10.2 Å². The number of rotatable bonds is 6. The largest absolute Gasteiger partial charge is 0.378 e. The Bertz CT molecular complexity index is 1310. The second kappa shape index (κ2) is 9.18. The monoisotopic (exact) mass is 465 g/mol. The van der Waals surface area contributed by atoms with Crippen molar-refractivity contribution < 1.29 is 18.4 Å². The molecule has 4 heterocycles. The van der Waals surface area contributed by atoms with Gasteiger partial charge in [0.05, 0.1) is 30.3 Å². The second-order valence-corrected chi connectivity index (χ2v) is 8.15. The van der Waals surface area contributed by atoms with Gasteiger partial charge in [-0.05, 0) is 31.5 Å². The zero-order chi connectivity index (χ0) is 23.7. The topological polar surface area (TPSA) is 122 Å². The molecule has 176 valence electrons. The van der Waals surface area contributed by atoms with Crippen LogP contribution in [0, 0.1) is 0 Å². The highest BCUT2D eigenvalue weighted by atomic mass is 19.1. The number of alkyl halides is 1. The maximum atomic E-state index is 13.6. The first kappa shape index (κ1) is 22.0. The van der Waals surface area contributed by atoms with Crippen LogP contribution in [0.15, 0.2) is 41.2 Å². The molecule has 1 fully saturated rings. The van der Waals surface area contributed by atoms with E-state index < -0.39 is 12.2 Å². The van der Waals surface area contributed by atoms with Gasteiger partial charge >= 0.3 is 0 Å². The number of halogens is 1. The molecular weight excluding hydrogens is 441 g/mol. The number of carbonyl (C=O) groups excluding carboxylic acids is 1. The summed E-state index contributed by atoms with van der Waals surface area (Å²) in [5.74, 6) is 1.30. The number of hydrogen-bond acceptors (Lipinski definition) is 8. The quantitative estimate of drug-likeness (QED) is 0.445. The number of ether oxygens (including phenoxy) is 1. The van der Waals surface area contributed by atoms with E-state index in [-0.39, 0.29) is 11.6 Å². The first-order valence-electron chi connectivity index (χ1n) is 11.0. The average Bonchev–Trinajstić information content (AvgIpc) is 3.51. The molecule has 1 saturated heterocycles. The van der Waals surface area contributed by atoms with Gasteiger partial charge in [0, 0.05) is 25.2 Å². The van der Waals surface area contributed by atoms with E-state index in [1.165, 1.54) is 13.3 Å². The van der Waals surface area contributed by atoms with Crippen molar-refractivity contribution in [2.75, 3.05) is 31.2 Å². The number of hydrogen-bond donors (Lipinski definition) is 2. The summed E-state index contributed by atoms with van der Waals surface area (Å²) in [5, 5.41) is 6.95. The molecule has 1 aliphatic rings. The maximum Gasteiger partial charge on any atom is 0.270 e. The van der Waals surface area contributed by atoms with Gasteiger partial charge in [-0.25, -0.2) is 19.3 Å². The van der Waals surface area contributed by atoms with Gasteiger partial charge in [0.15, 0.2) is 11.6 Å². The Morgan fingerprint density at radius 3 is 2.79 bits per heavy atom. The molecule has 1 amide bonds. The van der Waals surface area contributed by atoms with Gasteiger partial charge in [-0.1, -0.05) is 11.2 Å². The number of H-pyrrole nitrogens is 1. The van der Waals surface area contributed by atoms with Gasteiger partial charge in [-0.15, -0.1) is 0 Å². The Morgan fingerprint density at radius 1 is 1.18 bits per heavy atom. The number of nitrogens with zero attached hydrogens (tertiary/aromatic N) is 5. The summed E-state index contributed by atoms with van der Waals surface area (Å²) < 4.78 is 24.4. The van der Waals surface area contributed by atoms with E-state index in [0.29, 0.717) is 66.0 Å². The normalized spacial score (nSPS) is 15.9. The van der Waals surface area contributed by atoms with Crippen molar-refractivity contribution >= 4 is 22.8 Å². The summed E-state index contributed by atoms with van der Waals surface area (Å²) in [7, 11) is 0. The van der Waals surface area contributed by atoms with Crippen LogP contribution >= 0.6 is 0 Å². The number of fused-ring (bicyclic) bond motifs is 1. The Morgan fingerprint density at radius 2 is 2.00 bits per heavy atom. The van der Waals surface area contributed by atoms with Crippen LogP contribution in [0.2, 0.25) is 0 Å². The number of anilines is 1.